The van der Waals surface area contributed by atoms with E-state index in [2.05, 4.69) is 10.7 Å². The first kappa shape index (κ1) is 9.32. The average Bonchev–Trinajstić information content (AvgIpc) is 1.86. The first-order chi connectivity index (χ1) is 5.07. The maximum absolute atomic E-state index is 10.2. The van der Waals surface area contributed by atoms with Gasteiger partial charge in [-0.05, 0) is 0 Å². The van der Waals surface area contributed by atoms with Crippen LogP contribution in [0.15, 0.2) is 4.99 Å². The Balaban J connectivity index is 4.22. The summed E-state index contributed by atoms with van der Waals surface area (Å²) in [5, 5.41) is 8.27. The third-order valence-electron chi connectivity index (χ3n) is 0.888. The Hall–Kier alpha value is -1.68. The SMILES string of the molecule is NC(=O)C[C@H](N=C=O)C(=O)O. The van der Waals surface area contributed by atoms with Crippen molar-refractivity contribution in [1.29, 1.82) is 0 Å². The standard InChI is InChI=1S/C5H6N2O4/c6-4(9)1-3(5(10)11)7-2-8/h3H,1H2,(H2,6,9)(H,10,11)/t3-/m0/s1. The maximum Gasteiger partial charge on any atom is 0.329 e. The van der Waals surface area contributed by atoms with Crippen LogP contribution in [0.2, 0.25) is 0 Å². The molecule has 0 unspecified atom stereocenters. The predicted molar refractivity (Wildman–Crippen MR) is 33.4 cm³/mol. The molecule has 0 fully saturated rings. The summed E-state index contributed by atoms with van der Waals surface area (Å²) in [6.45, 7) is 0. The molecule has 0 aromatic rings. The molecule has 1 amide bonds. The summed E-state index contributed by atoms with van der Waals surface area (Å²) in [4.78, 5) is 32.8. The zero-order valence-electron chi connectivity index (χ0n) is 5.48. The monoisotopic (exact) mass is 158 g/mol. The van der Waals surface area contributed by atoms with E-state index in [1.807, 2.05) is 0 Å². The van der Waals surface area contributed by atoms with Gasteiger partial charge in [0.2, 0.25) is 12.0 Å². The molecular weight excluding hydrogens is 152 g/mol. The van der Waals surface area contributed by atoms with Crippen molar-refractivity contribution in [3.8, 4) is 0 Å². The van der Waals surface area contributed by atoms with Crippen LogP contribution in [0.4, 0.5) is 0 Å². The summed E-state index contributed by atoms with van der Waals surface area (Å²) in [5.74, 6) is -2.19. The van der Waals surface area contributed by atoms with Gasteiger partial charge in [-0.1, -0.05) is 0 Å². The quantitative estimate of drug-likeness (QED) is 0.389. The van der Waals surface area contributed by atoms with E-state index in [9.17, 15) is 14.4 Å². The molecule has 0 bridgehead atoms. The maximum atomic E-state index is 10.2. The number of carbonyl (C=O) groups excluding carboxylic acids is 2. The Kier molecular flexibility index (Phi) is 3.55. The lowest BCUT2D eigenvalue weighted by Crippen LogP contribution is -2.25. The van der Waals surface area contributed by atoms with E-state index < -0.39 is 24.3 Å². The smallest absolute Gasteiger partial charge is 0.329 e. The van der Waals surface area contributed by atoms with Gasteiger partial charge in [0, 0.05) is 0 Å². The summed E-state index contributed by atoms with van der Waals surface area (Å²) >= 11 is 0. The molecule has 0 saturated carbocycles. The van der Waals surface area contributed by atoms with Crippen molar-refractivity contribution in [3.63, 3.8) is 0 Å². The molecule has 0 aromatic carbocycles. The van der Waals surface area contributed by atoms with Crippen LogP contribution >= 0.6 is 0 Å². The minimum atomic E-state index is -1.40. The number of isocyanates is 1. The summed E-state index contributed by atoms with van der Waals surface area (Å²) < 4.78 is 0. The van der Waals surface area contributed by atoms with Crippen molar-refractivity contribution < 1.29 is 19.5 Å². The molecule has 0 aliphatic rings. The highest BCUT2D eigenvalue weighted by Gasteiger charge is 2.18. The molecule has 0 aromatic heterocycles. The highest BCUT2D eigenvalue weighted by atomic mass is 16.4. The number of nitrogens with two attached hydrogens (primary N) is 1. The summed E-state index contributed by atoms with van der Waals surface area (Å²) in [6.07, 6.45) is 0.559. The van der Waals surface area contributed by atoms with Gasteiger partial charge in [-0.15, -0.1) is 0 Å². The van der Waals surface area contributed by atoms with Crippen LogP contribution < -0.4 is 5.73 Å². The van der Waals surface area contributed by atoms with Crippen LogP contribution in [-0.2, 0) is 14.4 Å². The number of carboxylic acids is 1. The van der Waals surface area contributed by atoms with E-state index in [1.54, 1.807) is 0 Å². The Morgan fingerprint density at radius 3 is 2.45 bits per heavy atom. The van der Waals surface area contributed by atoms with Gasteiger partial charge in [-0.3, -0.25) is 4.79 Å². The predicted octanol–water partition coefficient (Wildman–Crippen LogP) is -1.35. The van der Waals surface area contributed by atoms with Gasteiger partial charge in [-0.2, -0.15) is 4.99 Å². The number of carbonyl (C=O) groups is 2. The highest BCUT2D eigenvalue weighted by Crippen LogP contribution is 1.95. The normalized spacial score (nSPS) is 11.3. The number of primary amides is 1. The first-order valence-corrected chi connectivity index (χ1v) is 2.66. The molecule has 60 valence electrons. The fourth-order valence-electron chi connectivity index (χ4n) is 0.442. The van der Waals surface area contributed by atoms with E-state index in [-0.39, 0.29) is 0 Å². The minimum absolute atomic E-state index is 0.482. The van der Waals surface area contributed by atoms with Gasteiger partial charge in [0.1, 0.15) is 0 Å². The summed E-state index contributed by atoms with van der Waals surface area (Å²) in [6, 6.07) is -1.40. The fourth-order valence-corrected chi connectivity index (χ4v) is 0.442. The second kappa shape index (κ2) is 4.19. The Morgan fingerprint density at radius 2 is 2.18 bits per heavy atom. The second-order valence-corrected chi connectivity index (χ2v) is 1.74. The number of amides is 1. The molecule has 11 heavy (non-hydrogen) atoms. The highest BCUT2D eigenvalue weighted by molar-refractivity contribution is 5.83. The molecule has 0 radical (unpaired) electrons. The second-order valence-electron chi connectivity index (χ2n) is 1.74. The Labute approximate surface area is 61.7 Å². The molecule has 6 heteroatoms. The third kappa shape index (κ3) is 3.83. The summed E-state index contributed by atoms with van der Waals surface area (Å²) in [7, 11) is 0. The van der Waals surface area contributed by atoms with Crippen molar-refractivity contribution >= 4 is 18.0 Å². The number of aliphatic imine (C=N–C) groups is 1. The van der Waals surface area contributed by atoms with Crippen LogP contribution in [0.1, 0.15) is 6.42 Å². The van der Waals surface area contributed by atoms with Crippen LogP contribution in [-0.4, -0.2) is 29.1 Å². The van der Waals surface area contributed by atoms with Gasteiger partial charge in [-0.25, -0.2) is 9.59 Å². The van der Waals surface area contributed by atoms with Crippen LogP contribution in [0, 0.1) is 0 Å². The molecule has 6 nitrogen and oxygen atoms in total. The zero-order valence-corrected chi connectivity index (χ0v) is 5.48. The van der Waals surface area contributed by atoms with Crippen LogP contribution in [0.25, 0.3) is 0 Å². The molecule has 0 aliphatic heterocycles. The van der Waals surface area contributed by atoms with Gasteiger partial charge in [0.25, 0.3) is 0 Å². The van der Waals surface area contributed by atoms with Crippen molar-refractivity contribution in [2.24, 2.45) is 10.7 Å². The third-order valence-corrected chi connectivity index (χ3v) is 0.888. The summed E-state index contributed by atoms with van der Waals surface area (Å²) in [5.41, 5.74) is 4.67. The number of hydrogen-bond donors (Lipinski definition) is 2. The number of aliphatic carboxylic acids is 1. The molecule has 0 saturated heterocycles. The lowest BCUT2D eigenvalue weighted by molar-refractivity contribution is -0.140. The van der Waals surface area contributed by atoms with Gasteiger partial charge < -0.3 is 10.8 Å². The molecule has 1 atom stereocenters. The molecule has 0 spiro atoms. The molecule has 3 N–H and O–H groups in total. The lowest BCUT2D eigenvalue weighted by atomic mass is 10.2. The molecule has 0 heterocycles. The zero-order chi connectivity index (χ0) is 8.85. The van der Waals surface area contributed by atoms with Crippen molar-refractivity contribution in [2.75, 3.05) is 0 Å². The van der Waals surface area contributed by atoms with E-state index in [0.29, 0.717) is 0 Å². The number of nitrogens with zero attached hydrogens (tertiary/aromatic N) is 1. The number of carboxylic acid groups (broad SMARTS) is 1. The van der Waals surface area contributed by atoms with Crippen molar-refractivity contribution in [3.05, 3.63) is 0 Å². The van der Waals surface area contributed by atoms with Crippen molar-refractivity contribution in [1.82, 2.24) is 0 Å². The van der Waals surface area contributed by atoms with Gasteiger partial charge in [0.15, 0.2) is 6.04 Å². The van der Waals surface area contributed by atoms with E-state index in [0.717, 1.165) is 6.08 Å². The van der Waals surface area contributed by atoms with E-state index in [4.69, 9.17) is 5.11 Å². The van der Waals surface area contributed by atoms with E-state index in [1.165, 1.54) is 0 Å². The number of rotatable bonds is 4. The molecule has 0 rings (SSSR count). The average molecular weight is 158 g/mol. The number of hydrogen-bond acceptors (Lipinski definition) is 4. The topological polar surface area (TPSA) is 110 Å². The fraction of sp³-hybridized carbons (Fsp3) is 0.400. The first-order valence-electron chi connectivity index (χ1n) is 2.66. The lowest BCUT2D eigenvalue weighted by Gasteiger charge is -1.99. The van der Waals surface area contributed by atoms with Crippen LogP contribution in [0.3, 0.4) is 0 Å². The molecular formula is C5H6N2O4. The van der Waals surface area contributed by atoms with Gasteiger partial charge in [0.05, 0.1) is 6.42 Å². The minimum Gasteiger partial charge on any atom is -0.480 e. The Bertz CT molecular complexity index is 217. The van der Waals surface area contributed by atoms with Gasteiger partial charge >= 0.3 is 5.97 Å². The van der Waals surface area contributed by atoms with Crippen molar-refractivity contribution in [2.45, 2.75) is 12.5 Å². The van der Waals surface area contributed by atoms with Crippen LogP contribution in [0.5, 0.6) is 0 Å². The largest absolute Gasteiger partial charge is 0.480 e. The van der Waals surface area contributed by atoms with E-state index >= 15 is 0 Å². The Morgan fingerprint density at radius 1 is 1.64 bits per heavy atom. The molecule has 0 aliphatic carbocycles.